The molecule has 0 aliphatic carbocycles. The predicted molar refractivity (Wildman–Crippen MR) is 145 cm³/mol. The van der Waals surface area contributed by atoms with Crippen LogP contribution in [0.3, 0.4) is 0 Å². The Bertz CT molecular complexity index is 1450. The molecule has 0 radical (unpaired) electrons. The molecule has 3 amide bonds. The highest BCUT2D eigenvalue weighted by Crippen LogP contribution is 2.34. The van der Waals surface area contributed by atoms with Gasteiger partial charge in [0, 0.05) is 15.7 Å². The Kier molecular flexibility index (Phi) is 8.67. The van der Waals surface area contributed by atoms with Crippen LogP contribution in [-0.2, 0) is 14.3 Å². The summed E-state index contributed by atoms with van der Waals surface area (Å²) in [6, 6.07) is 14.8. The van der Waals surface area contributed by atoms with Crippen molar-refractivity contribution >= 4 is 40.1 Å². The topological polar surface area (TPSA) is 140 Å². The molecule has 12 heteroatoms. The lowest BCUT2D eigenvalue weighted by molar-refractivity contribution is -0.136. The summed E-state index contributed by atoms with van der Waals surface area (Å²) in [5.74, 6) is 0.630. The first-order valence-electron chi connectivity index (χ1n) is 11.6. The molecule has 2 aromatic carbocycles. The molecule has 1 aliphatic heterocycles. The fourth-order valence-corrected chi connectivity index (χ4v) is 4.11. The number of benzene rings is 2. The quantitative estimate of drug-likeness (QED) is 0.192. The molecule has 0 fully saturated rings. The van der Waals surface area contributed by atoms with Gasteiger partial charge >= 0.3 is 12.0 Å². The normalized spacial score (nSPS) is 15.0. The minimum Gasteiger partial charge on any atom is -0.493 e. The van der Waals surface area contributed by atoms with E-state index in [1.165, 1.54) is 20.4 Å². The van der Waals surface area contributed by atoms with Gasteiger partial charge < -0.3 is 29.3 Å². The van der Waals surface area contributed by atoms with E-state index in [-0.39, 0.29) is 17.9 Å². The molecule has 39 heavy (non-hydrogen) atoms. The van der Waals surface area contributed by atoms with Crippen molar-refractivity contribution in [3.8, 4) is 22.8 Å². The Morgan fingerprint density at radius 2 is 1.87 bits per heavy atom. The van der Waals surface area contributed by atoms with Gasteiger partial charge in [-0.2, -0.15) is 5.10 Å². The molecular weight excluding hydrogens is 572 g/mol. The van der Waals surface area contributed by atoms with Crippen molar-refractivity contribution in [2.45, 2.75) is 13.0 Å². The SMILES string of the molecule is COC(=O)C1=C(C)NC(=O)N[C@@H]1c1ccc(OCC(=O)N/N=C\c2ccc(-c3ccc(Br)cc3)o2)c(OC)c1. The first-order valence-corrected chi connectivity index (χ1v) is 12.4. The second-order valence-electron chi connectivity index (χ2n) is 8.26. The number of furan rings is 1. The Hall–Kier alpha value is -4.58. The lowest BCUT2D eigenvalue weighted by atomic mass is 9.95. The van der Waals surface area contributed by atoms with Crippen LogP contribution in [0.4, 0.5) is 4.79 Å². The molecule has 0 spiro atoms. The summed E-state index contributed by atoms with van der Waals surface area (Å²) in [7, 11) is 2.70. The van der Waals surface area contributed by atoms with E-state index in [2.05, 4.69) is 37.1 Å². The van der Waals surface area contributed by atoms with Crippen molar-refractivity contribution in [1.29, 1.82) is 0 Å². The molecule has 0 saturated carbocycles. The van der Waals surface area contributed by atoms with E-state index in [1.54, 1.807) is 31.2 Å². The number of nitrogens with one attached hydrogen (secondary N) is 3. The Balaban J connectivity index is 1.37. The molecule has 2 heterocycles. The predicted octanol–water partition coefficient (Wildman–Crippen LogP) is 4.05. The maximum atomic E-state index is 12.3. The first kappa shape index (κ1) is 27.5. The summed E-state index contributed by atoms with van der Waals surface area (Å²) in [5, 5.41) is 9.18. The lowest BCUT2D eigenvalue weighted by Gasteiger charge is -2.28. The number of carbonyl (C=O) groups excluding carboxylic acids is 3. The van der Waals surface area contributed by atoms with Gasteiger partial charge in [0.2, 0.25) is 0 Å². The minimum absolute atomic E-state index is 0.255. The van der Waals surface area contributed by atoms with Crippen molar-refractivity contribution in [3.63, 3.8) is 0 Å². The van der Waals surface area contributed by atoms with E-state index in [0.29, 0.717) is 28.5 Å². The number of esters is 1. The maximum Gasteiger partial charge on any atom is 0.337 e. The van der Waals surface area contributed by atoms with Gasteiger partial charge in [-0.15, -0.1) is 0 Å². The number of rotatable bonds is 9. The van der Waals surface area contributed by atoms with Crippen LogP contribution in [0.5, 0.6) is 11.5 Å². The van der Waals surface area contributed by atoms with Gasteiger partial charge in [-0.3, -0.25) is 4.79 Å². The summed E-state index contributed by atoms with van der Waals surface area (Å²) in [5.41, 5.74) is 4.48. The molecule has 3 aromatic rings. The zero-order valence-corrected chi connectivity index (χ0v) is 22.8. The number of carbonyl (C=O) groups is 3. The molecule has 0 unspecified atom stereocenters. The number of halogens is 1. The van der Waals surface area contributed by atoms with Crippen molar-refractivity contribution in [3.05, 3.63) is 81.7 Å². The summed E-state index contributed by atoms with van der Waals surface area (Å²) < 4.78 is 22.6. The van der Waals surface area contributed by atoms with Gasteiger partial charge in [0.25, 0.3) is 5.91 Å². The van der Waals surface area contributed by atoms with E-state index in [0.717, 1.165) is 10.0 Å². The third-order valence-electron chi connectivity index (χ3n) is 5.69. The number of urea groups is 1. The molecule has 0 bridgehead atoms. The zero-order chi connectivity index (χ0) is 27.9. The Labute approximate surface area is 232 Å². The molecule has 1 aliphatic rings. The number of nitrogens with zero attached hydrogens (tertiary/aromatic N) is 1. The first-order chi connectivity index (χ1) is 18.8. The Morgan fingerprint density at radius 1 is 1.10 bits per heavy atom. The minimum atomic E-state index is -0.766. The van der Waals surface area contributed by atoms with Crippen LogP contribution in [0, 0.1) is 0 Å². The number of amides is 3. The van der Waals surface area contributed by atoms with Crippen LogP contribution in [0.25, 0.3) is 11.3 Å². The number of hydrogen-bond acceptors (Lipinski definition) is 8. The fourth-order valence-electron chi connectivity index (χ4n) is 3.84. The average Bonchev–Trinajstić information content (AvgIpc) is 3.40. The van der Waals surface area contributed by atoms with Crippen molar-refractivity contribution in [2.75, 3.05) is 20.8 Å². The van der Waals surface area contributed by atoms with Crippen LogP contribution in [0.1, 0.15) is 24.3 Å². The van der Waals surface area contributed by atoms with E-state index in [9.17, 15) is 14.4 Å². The summed E-state index contributed by atoms with van der Waals surface area (Å²) in [4.78, 5) is 36.6. The molecule has 0 saturated heterocycles. The van der Waals surface area contributed by atoms with Crippen LogP contribution in [-0.4, -0.2) is 44.9 Å². The van der Waals surface area contributed by atoms with Gasteiger partial charge in [-0.1, -0.05) is 34.1 Å². The largest absolute Gasteiger partial charge is 0.493 e. The smallest absolute Gasteiger partial charge is 0.337 e. The Morgan fingerprint density at radius 3 is 2.59 bits per heavy atom. The number of ether oxygens (including phenoxy) is 3. The molecule has 11 nitrogen and oxygen atoms in total. The van der Waals surface area contributed by atoms with E-state index in [1.807, 2.05) is 30.3 Å². The standard InChI is InChI=1S/C27H25BrN4O7/c1-15-24(26(34)37-3)25(31-27(35)30-15)17-6-10-21(22(12-17)36-2)38-14-23(33)32-29-13-19-9-11-20(39-19)16-4-7-18(28)8-5-16/h4-13,25H,14H2,1-3H3,(H,32,33)(H2,30,31,35)/b29-13-/t25-/m1/s1. The number of hydrazone groups is 1. The van der Waals surface area contributed by atoms with Gasteiger partial charge in [0.1, 0.15) is 11.5 Å². The van der Waals surface area contributed by atoms with Crippen molar-refractivity contribution in [2.24, 2.45) is 5.10 Å². The van der Waals surface area contributed by atoms with Crippen LogP contribution >= 0.6 is 15.9 Å². The molecular formula is C27H25BrN4O7. The number of methoxy groups -OCH3 is 2. The fraction of sp³-hybridized carbons (Fsp3) is 0.185. The van der Waals surface area contributed by atoms with E-state index >= 15 is 0 Å². The van der Waals surface area contributed by atoms with Gasteiger partial charge in [0.05, 0.1) is 32.0 Å². The molecule has 4 rings (SSSR count). The van der Waals surface area contributed by atoms with Gasteiger partial charge in [-0.05, 0) is 48.9 Å². The average molecular weight is 597 g/mol. The second kappa shape index (κ2) is 12.3. The van der Waals surface area contributed by atoms with Crippen LogP contribution in [0.2, 0.25) is 0 Å². The highest BCUT2D eigenvalue weighted by Gasteiger charge is 2.32. The summed E-state index contributed by atoms with van der Waals surface area (Å²) in [6.45, 7) is 1.27. The zero-order valence-electron chi connectivity index (χ0n) is 21.2. The third-order valence-corrected chi connectivity index (χ3v) is 6.22. The summed E-state index contributed by atoms with van der Waals surface area (Å²) in [6.07, 6.45) is 1.39. The maximum absolute atomic E-state index is 12.3. The monoisotopic (exact) mass is 596 g/mol. The van der Waals surface area contributed by atoms with E-state index in [4.69, 9.17) is 18.6 Å². The lowest BCUT2D eigenvalue weighted by Crippen LogP contribution is -2.45. The third kappa shape index (κ3) is 6.65. The van der Waals surface area contributed by atoms with Gasteiger partial charge in [0.15, 0.2) is 18.1 Å². The van der Waals surface area contributed by atoms with Crippen molar-refractivity contribution in [1.82, 2.24) is 16.1 Å². The number of hydrogen-bond donors (Lipinski definition) is 3. The van der Waals surface area contributed by atoms with Crippen LogP contribution in [0.15, 0.2) is 79.9 Å². The number of allylic oxidation sites excluding steroid dienone is 1. The molecule has 202 valence electrons. The second-order valence-corrected chi connectivity index (χ2v) is 9.18. The van der Waals surface area contributed by atoms with Crippen LogP contribution < -0.4 is 25.5 Å². The highest BCUT2D eigenvalue weighted by molar-refractivity contribution is 9.10. The van der Waals surface area contributed by atoms with E-state index < -0.39 is 23.9 Å². The molecule has 1 atom stereocenters. The molecule has 1 aromatic heterocycles. The highest BCUT2D eigenvalue weighted by atomic mass is 79.9. The van der Waals surface area contributed by atoms with Crippen molar-refractivity contribution < 1.29 is 33.0 Å². The summed E-state index contributed by atoms with van der Waals surface area (Å²) >= 11 is 3.40. The van der Waals surface area contributed by atoms with Gasteiger partial charge in [-0.25, -0.2) is 15.0 Å². The molecule has 3 N–H and O–H groups in total.